The van der Waals surface area contributed by atoms with E-state index in [-0.39, 0.29) is 0 Å². The molecule has 1 heterocycles. The van der Waals surface area contributed by atoms with Crippen molar-refractivity contribution >= 4 is 38.9 Å². The molecule has 12 rings (SSSR count). The van der Waals surface area contributed by atoms with Gasteiger partial charge in [0.1, 0.15) is 0 Å². The molecular formula is C63H46N2. The van der Waals surface area contributed by atoms with Crippen molar-refractivity contribution in [3.63, 3.8) is 0 Å². The highest BCUT2D eigenvalue weighted by Crippen LogP contribution is 2.58. The first-order valence-corrected chi connectivity index (χ1v) is 22.6. The maximum atomic E-state index is 2.47. The van der Waals surface area contributed by atoms with Crippen molar-refractivity contribution in [2.24, 2.45) is 0 Å². The molecule has 0 unspecified atom stereocenters. The molecule has 11 aromatic rings. The minimum Gasteiger partial charge on any atom is -0.310 e. The third kappa shape index (κ3) is 6.32. The van der Waals surface area contributed by atoms with E-state index in [4.69, 9.17) is 0 Å². The Labute approximate surface area is 381 Å². The van der Waals surface area contributed by atoms with Gasteiger partial charge in [0.25, 0.3) is 0 Å². The molecule has 0 N–H and O–H groups in total. The summed E-state index contributed by atoms with van der Waals surface area (Å²) in [7, 11) is 0. The Morgan fingerprint density at radius 3 is 1.45 bits per heavy atom. The maximum Gasteiger partial charge on any atom is 0.0715 e. The summed E-state index contributed by atoms with van der Waals surface area (Å²) in [5, 5.41) is 2.52. The van der Waals surface area contributed by atoms with Crippen LogP contribution in [0.3, 0.4) is 0 Å². The number of nitrogens with zero attached hydrogens (tertiary/aromatic N) is 2. The van der Waals surface area contributed by atoms with Crippen molar-refractivity contribution in [2.75, 3.05) is 4.90 Å². The Morgan fingerprint density at radius 2 is 0.831 bits per heavy atom. The van der Waals surface area contributed by atoms with E-state index in [0.717, 1.165) is 22.7 Å². The molecule has 308 valence electrons. The van der Waals surface area contributed by atoms with E-state index < -0.39 is 5.41 Å². The van der Waals surface area contributed by atoms with Crippen LogP contribution in [0.15, 0.2) is 243 Å². The van der Waals surface area contributed by atoms with Gasteiger partial charge in [0.2, 0.25) is 0 Å². The SMILES string of the molecule is Cc1cc(C)cc(-c2cccc(-c3ccc(N(c4ccccc4)c4ccc5c(c4)C(c4ccccc4)(c4ccccc4)c4cc(-n6c7ccccc7c7ccccc76)ccc4-5)cc3)c2)c1. The van der Waals surface area contributed by atoms with Crippen molar-refractivity contribution in [3.05, 3.63) is 276 Å². The Hall–Kier alpha value is -8.20. The fraction of sp³-hybridized carbons (Fsp3) is 0.0476. The van der Waals surface area contributed by atoms with Crippen LogP contribution in [-0.2, 0) is 5.41 Å². The molecule has 0 aliphatic heterocycles. The highest BCUT2D eigenvalue weighted by Gasteiger charge is 2.46. The number of anilines is 3. The van der Waals surface area contributed by atoms with Crippen LogP contribution in [0.4, 0.5) is 17.1 Å². The molecule has 0 radical (unpaired) electrons. The van der Waals surface area contributed by atoms with Crippen molar-refractivity contribution in [1.82, 2.24) is 4.57 Å². The van der Waals surface area contributed by atoms with Crippen LogP contribution in [0.2, 0.25) is 0 Å². The summed E-state index contributed by atoms with van der Waals surface area (Å²) in [5.74, 6) is 0. The number of benzene rings is 10. The number of hydrogen-bond donors (Lipinski definition) is 0. The minimum atomic E-state index is -0.606. The predicted octanol–water partition coefficient (Wildman–Crippen LogP) is 16.6. The van der Waals surface area contributed by atoms with Crippen LogP contribution >= 0.6 is 0 Å². The molecule has 0 bridgehead atoms. The number of aryl methyl sites for hydroxylation is 2. The molecule has 0 fully saturated rings. The van der Waals surface area contributed by atoms with Gasteiger partial charge in [-0.1, -0.05) is 187 Å². The third-order valence-corrected chi connectivity index (χ3v) is 13.5. The fourth-order valence-corrected chi connectivity index (χ4v) is 10.8. The summed E-state index contributed by atoms with van der Waals surface area (Å²) in [5.41, 5.74) is 21.2. The maximum absolute atomic E-state index is 2.47. The fourth-order valence-electron chi connectivity index (χ4n) is 10.8. The molecule has 1 aliphatic carbocycles. The van der Waals surface area contributed by atoms with Crippen LogP contribution in [0.1, 0.15) is 33.4 Å². The number of aromatic nitrogens is 1. The lowest BCUT2D eigenvalue weighted by Crippen LogP contribution is -2.29. The van der Waals surface area contributed by atoms with Gasteiger partial charge in [-0.3, -0.25) is 0 Å². The molecule has 2 nitrogen and oxygen atoms in total. The van der Waals surface area contributed by atoms with E-state index in [1.807, 2.05) is 0 Å². The quantitative estimate of drug-likeness (QED) is 0.148. The molecule has 0 amide bonds. The van der Waals surface area contributed by atoms with Gasteiger partial charge in [-0.15, -0.1) is 0 Å². The van der Waals surface area contributed by atoms with Gasteiger partial charge in [-0.05, 0) is 136 Å². The van der Waals surface area contributed by atoms with Crippen molar-refractivity contribution in [3.8, 4) is 39.1 Å². The second-order valence-electron chi connectivity index (χ2n) is 17.5. The minimum absolute atomic E-state index is 0.606. The first-order valence-electron chi connectivity index (χ1n) is 22.6. The van der Waals surface area contributed by atoms with E-state index in [9.17, 15) is 0 Å². The second-order valence-corrected chi connectivity index (χ2v) is 17.5. The molecule has 0 atom stereocenters. The Bertz CT molecular complexity index is 3430. The van der Waals surface area contributed by atoms with E-state index in [2.05, 4.69) is 266 Å². The molecule has 0 saturated heterocycles. The highest BCUT2D eigenvalue weighted by molar-refractivity contribution is 6.09. The standard InChI is InChI=1S/C63H46N2/c1-43-37-44(2)39-48(38-43)47-18-16-17-46(40-47)45-29-31-52(32-30-45)64(51-23-10-5-11-24-51)53-33-35-55-56-36-34-54(65-61-27-14-12-25-57(61)58-26-13-15-28-62(58)65)42-60(56)63(59(55)41-53,49-19-6-3-7-20-49)50-21-8-4-9-22-50/h3-42H,1-2H3. The van der Waals surface area contributed by atoms with E-state index >= 15 is 0 Å². The summed E-state index contributed by atoms with van der Waals surface area (Å²) < 4.78 is 2.45. The second kappa shape index (κ2) is 15.6. The van der Waals surface area contributed by atoms with Crippen LogP contribution in [0.5, 0.6) is 0 Å². The first-order chi connectivity index (χ1) is 32.0. The Kier molecular flexibility index (Phi) is 9.21. The average Bonchev–Trinajstić information content (AvgIpc) is 3.85. The molecule has 1 aliphatic rings. The smallest absolute Gasteiger partial charge is 0.0715 e. The summed E-state index contributed by atoms with van der Waals surface area (Å²) in [6, 6.07) is 89.7. The number of rotatable bonds is 8. The van der Waals surface area contributed by atoms with Crippen LogP contribution in [0, 0.1) is 13.8 Å². The number of fused-ring (bicyclic) bond motifs is 6. The highest BCUT2D eigenvalue weighted by atomic mass is 15.1. The van der Waals surface area contributed by atoms with Gasteiger partial charge in [0, 0.05) is 33.5 Å². The van der Waals surface area contributed by atoms with Gasteiger partial charge in [0.05, 0.1) is 16.4 Å². The van der Waals surface area contributed by atoms with Gasteiger partial charge >= 0.3 is 0 Å². The van der Waals surface area contributed by atoms with Gasteiger partial charge in [0.15, 0.2) is 0 Å². The van der Waals surface area contributed by atoms with Gasteiger partial charge in [-0.25, -0.2) is 0 Å². The summed E-state index contributed by atoms with van der Waals surface area (Å²) >= 11 is 0. The monoisotopic (exact) mass is 830 g/mol. The van der Waals surface area contributed by atoms with Crippen LogP contribution < -0.4 is 4.90 Å². The zero-order valence-electron chi connectivity index (χ0n) is 36.5. The van der Waals surface area contributed by atoms with Gasteiger partial charge < -0.3 is 9.47 Å². The van der Waals surface area contributed by atoms with E-state index in [1.54, 1.807) is 0 Å². The largest absolute Gasteiger partial charge is 0.310 e. The summed E-state index contributed by atoms with van der Waals surface area (Å²) in [4.78, 5) is 2.41. The predicted molar refractivity (Wildman–Crippen MR) is 273 cm³/mol. The molecule has 10 aromatic carbocycles. The molecule has 1 aromatic heterocycles. The van der Waals surface area contributed by atoms with Gasteiger partial charge in [-0.2, -0.15) is 0 Å². The van der Waals surface area contributed by atoms with Crippen molar-refractivity contribution in [2.45, 2.75) is 19.3 Å². The molecular weight excluding hydrogens is 785 g/mol. The van der Waals surface area contributed by atoms with Crippen molar-refractivity contribution in [1.29, 1.82) is 0 Å². The van der Waals surface area contributed by atoms with E-state index in [1.165, 1.54) is 88.6 Å². The number of hydrogen-bond acceptors (Lipinski definition) is 1. The zero-order chi connectivity index (χ0) is 43.5. The lowest BCUT2D eigenvalue weighted by Gasteiger charge is -2.35. The molecule has 2 heteroatoms. The van der Waals surface area contributed by atoms with Crippen LogP contribution in [0.25, 0.3) is 60.9 Å². The zero-order valence-corrected chi connectivity index (χ0v) is 36.5. The molecule has 0 saturated carbocycles. The van der Waals surface area contributed by atoms with Crippen LogP contribution in [-0.4, -0.2) is 4.57 Å². The Morgan fingerprint density at radius 1 is 0.338 bits per heavy atom. The third-order valence-electron chi connectivity index (χ3n) is 13.5. The molecule has 65 heavy (non-hydrogen) atoms. The number of para-hydroxylation sites is 3. The summed E-state index contributed by atoms with van der Waals surface area (Å²) in [6.45, 7) is 4.34. The summed E-state index contributed by atoms with van der Waals surface area (Å²) in [6.07, 6.45) is 0. The molecule has 0 spiro atoms. The topological polar surface area (TPSA) is 8.17 Å². The average molecular weight is 831 g/mol. The Balaban J connectivity index is 1.04. The lowest BCUT2D eigenvalue weighted by atomic mass is 9.67. The lowest BCUT2D eigenvalue weighted by molar-refractivity contribution is 0.767. The normalized spacial score (nSPS) is 12.6. The van der Waals surface area contributed by atoms with E-state index in [0.29, 0.717) is 0 Å². The van der Waals surface area contributed by atoms with Crippen molar-refractivity contribution < 1.29 is 0 Å². The first kappa shape index (κ1) is 38.5.